The Balaban J connectivity index is 1.58. The molecular formula is C18H21N3S. The normalized spacial score (nSPS) is 16.5. The van der Waals surface area contributed by atoms with E-state index in [1.54, 1.807) is 0 Å². The first-order chi connectivity index (χ1) is 10.9. The molecule has 22 heavy (non-hydrogen) atoms. The van der Waals surface area contributed by atoms with Crippen molar-refractivity contribution in [3.63, 3.8) is 0 Å². The van der Waals surface area contributed by atoms with Gasteiger partial charge in [-0.25, -0.2) is 0 Å². The SMILES string of the molecule is N#Cc1ccc(CNCC(c2cccs2)N2CCCC2)cc1. The molecule has 0 saturated carbocycles. The Morgan fingerprint density at radius 2 is 1.95 bits per heavy atom. The molecule has 1 N–H and O–H groups in total. The predicted octanol–water partition coefficient (Wildman–Crippen LogP) is 3.55. The minimum absolute atomic E-state index is 0.487. The zero-order chi connectivity index (χ0) is 15.2. The summed E-state index contributed by atoms with van der Waals surface area (Å²) < 4.78 is 0. The maximum Gasteiger partial charge on any atom is 0.0991 e. The van der Waals surface area contributed by atoms with Gasteiger partial charge in [-0.05, 0) is 55.1 Å². The molecule has 2 aromatic rings. The highest BCUT2D eigenvalue weighted by atomic mass is 32.1. The van der Waals surface area contributed by atoms with Crippen molar-refractivity contribution in [2.24, 2.45) is 0 Å². The van der Waals surface area contributed by atoms with Crippen LogP contribution in [-0.4, -0.2) is 24.5 Å². The average molecular weight is 311 g/mol. The Bertz CT molecular complexity index is 607. The summed E-state index contributed by atoms with van der Waals surface area (Å²) in [6, 6.07) is 14.9. The molecule has 0 aliphatic carbocycles. The number of nitrogens with one attached hydrogen (secondary N) is 1. The van der Waals surface area contributed by atoms with Crippen LogP contribution in [0.3, 0.4) is 0 Å². The van der Waals surface area contributed by atoms with Crippen LogP contribution in [0.1, 0.15) is 34.9 Å². The Hall–Kier alpha value is -1.67. The summed E-state index contributed by atoms with van der Waals surface area (Å²) in [5, 5.41) is 14.6. The maximum atomic E-state index is 8.83. The first-order valence-corrected chi connectivity index (χ1v) is 8.72. The van der Waals surface area contributed by atoms with Crippen LogP contribution in [0.4, 0.5) is 0 Å². The third kappa shape index (κ3) is 3.75. The van der Waals surface area contributed by atoms with Gasteiger partial charge in [0.2, 0.25) is 0 Å². The van der Waals surface area contributed by atoms with Crippen LogP contribution < -0.4 is 5.32 Å². The molecule has 1 atom stereocenters. The number of hydrogen-bond donors (Lipinski definition) is 1. The summed E-state index contributed by atoms with van der Waals surface area (Å²) in [6.07, 6.45) is 2.63. The molecule has 1 aromatic carbocycles. The second-order valence-electron chi connectivity index (χ2n) is 5.71. The molecule has 3 rings (SSSR count). The number of likely N-dealkylation sites (tertiary alicyclic amines) is 1. The van der Waals surface area contributed by atoms with Crippen molar-refractivity contribution in [1.29, 1.82) is 5.26 Å². The lowest BCUT2D eigenvalue weighted by Crippen LogP contribution is -2.33. The standard InChI is InChI=1S/C18H21N3S/c19-12-15-5-7-16(8-6-15)13-20-14-17(18-4-3-11-22-18)21-9-1-2-10-21/h3-8,11,17,20H,1-2,9-10,13-14H2. The second-order valence-corrected chi connectivity index (χ2v) is 6.69. The van der Waals surface area contributed by atoms with Crippen LogP contribution in [-0.2, 0) is 6.54 Å². The molecule has 3 nitrogen and oxygen atoms in total. The van der Waals surface area contributed by atoms with Gasteiger partial charge in [-0.2, -0.15) is 5.26 Å². The first kappa shape index (κ1) is 15.2. The number of hydrogen-bond acceptors (Lipinski definition) is 4. The monoisotopic (exact) mass is 311 g/mol. The van der Waals surface area contributed by atoms with Gasteiger partial charge in [0.05, 0.1) is 17.7 Å². The number of rotatable bonds is 6. The summed E-state index contributed by atoms with van der Waals surface area (Å²) in [6.45, 7) is 4.24. The van der Waals surface area contributed by atoms with Crippen LogP contribution in [0, 0.1) is 11.3 Å². The van der Waals surface area contributed by atoms with E-state index in [9.17, 15) is 0 Å². The topological polar surface area (TPSA) is 39.1 Å². The zero-order valence-electron chi connectivity index (χ0n) is 12.7. The molecule has 0 spiro atoms. The average Bonchev–Trinajstić information content (AvgIpc) is 3.26. The van der Waals surface area contributed by atoms with E-state index in [2.05, 4.69) is 33.8 Å². The Kier molecular flexibility index (Phi) is 5.23. The molecule has 1 aromatic heterocycles. The van der Waals surface area contributed by atoms with Gasteiger partial charge in [0.25, 0.3) is 0 Å². The number of nitrogens with zero attached hydrogens (tertiary/aromatic N) is 2. The molecule has 1 aliphatic heterocycles. The van der Waals surface area contributed by atoms with E-state index >= 15 is 0 Å². The highest BCUT2D eigenvalue weighted by molar-refractivity contribution is 7.10. The van der Waals surface area contributed by atoms with Crippen molar-refractivity contribution in [3.05, 3.63) is 57.8 Å². The molecule has 1 unspecified atom stereocenters. The summed E-state index contributed by atoms with van der Waals surface area (Å²) in [5.41, 5.74) is 1.95. The van der Waals surface area contributed by atoms with Gasteiger partial charge in [0.1, 0.15) is 0 Å². The third-order valence-electron chi connectivity index (χ3n) is 4.20. The van der Waals surface area contributed by atoms with E-state index in [1.807, 2.05) is 35.6 Å². The van der Waals surface area contributed by atoms with Gasteiger partial charge < -0.3 is 5.32 Å². The van der Waals surface area contributed by atoms with E-state index in [1.165, 1.54) is 36.4 Å². The number of nitriles is 1. The van der Waals surface area contributed by atoms with Crippen LogP contribution >= 0.6 is 11.3 Å². The Morgan fingerprint density at radius 3 is 2.59 bits per heavy atom. The highest BCUT2D eigenvalue weighted by Crippen LogP contribution is 2.27. The van der Waals surface area contributed by atoms with Gasteiger partial charge in [0.15, 0.2) is 0 Å². The van der Waals surface area contributed by atoms with Crippen LogP contribution in [0.15, 0.2) is 41.8 Å². The number of benzene rings is 1. The van der Waals surface area contributed by atoms with Crippen molar-refractivity contribution in [3.8, 4) is 6.07 Å². The van der Waals surface area contributed by atoms with Crippen molar-refractivity contribution >= 4 is 11.3 Å². The molecule has 0 amide bonds. The molecule has 1 saturated heterocycles. The Labute approximate surface area is 136 Å². The van der Waals surface area contributed by atoms with Gasteiger partial charge in [-0.15, -0.1) is 11.3 Å². The fourth-order valence-electron chi connectivity index (χ4n) is 2.99. The van der Waals surface area contributed by atoms with Crippen molar-refractivity contribution in [2.75, 3.05) is 19.6 Å². The predicted molar refractivity (Wildman–Crippen MR) is 90.7 cm³/mol. The van der Waals surface area contributed by atoms with Crippen LogP contribution in [0.25, 0.3) is 0 Å². The molecule has 114 valence electrons. The van der Waals surface area contributed by atoms with E-state index in [0.717, 1.165) is 18.7 Å². The fourth-order valence-corrected chi connectivity index (χ4v) is 3.86. The lowest BCUT2D eigenvalue weighted by atomic mass is 10.1. The van der Waals surface area contributed by atoms with Crippen molar-refractivity contribution < 1.29 is 0 Å². The van der Waals surface area contributed by atoms with Gasteiger partial charge >= 0.3 is 0 Å². The quantitative estimate of drug-likeness (QED) is 0.887. The van der Waals surface area contributed by atoms with E-state index in [0.29, 0.717) is 6.04 Å². The number of thiophene rings is 1. The fraction of sp³-hybridized carbons (Fsp3) is 0.389. The second kappa shape index (κ2) is 7.55. The molecule has 1 aliphatic rings. The zero-order valence-corrected chi connectivity index (χ0v) is 13.5. The molecule has 1 fully saturated rings. The molecule has 0 bridgehead atoms. The van der Waals surface area contributed by atoms with Gasteiger partial charge in [-0.3, -0.25) is 4.90 Å². The van der Waals surface area contributed by atoms with E-state index < -0.39 is 0 Å². The summed E-state index contributed by atoms with van der Waals surface area (Å²) in [4.78, 5) is 4.05. The third-order valence-corrected chi connectivity index (χ3v) is 5.18. The summed E-state index contributed by atoms with van der Waals surface area (Å²) >= 11 is 1.85. The smallest absolute Gasteiger partial charge is 0.0991 e. The van der Waals surface area contributed by atoms with E-state index in [4.69, 9.17) is 5.26 Å². The minimum atomic E-state index is 0.487. The lowest BCUT2D eigenvalue weighted by molar-refractivity contribution is 0.242. The van der Waals surface area contributed by atoms with E-state index in [-0.39, 0.29) is 0 Å². The van der Waals surface area contributed by atoms with Gasteiger partial charge in [0, 0.05) is 18.0 Å². The first-order valence-electron chi connectivity index (χ1n) is 7.84. The maximum absolute atomic E-state index is 8.83. The molecule has 0 radical (unpaired) electrons. The highest BCUT2D eigenvalue weighted by Gasteiger charge is 2.23. The summed E-state index contributed by atoms with van der Waals surface area (Å²) in [7, 11) is 0. The Morgan fingerprint density at radius 1 is 1.18 bits per heavy atom. The lowest BCUT2D eigenvalue weighted by Gasteiger charge is -2.27. The van der Waals surface area contributed by atoms with Crippen LogP contribution in [0.5, 0.6) is 0 Å². The summed E-state index contributed by atoms with van der Waals surface area (Å²) in [5.74, 6) is 0. The molecular weight excluding hydrogens is 290 g/mol. The largest absolute Gasteiger partial charge is 0.311 e. The minimum Gasteiger partial charge on any atom is -0.311 e. The van der Waals surface area contributed by atoms with Crippen molar-refractivity contribution in [1.82, 2.24) is 10.2 Å². The van der Waals surface area contributed by atoms with Crippen LogP contribution in [0.2, 0.25) is 0 Å². The van der Waals surface area contributed by atoms with Crippen molar-refractivity contribution in [2.45, 2.75) is 25.4 Å². The molecule has 4 heteroatoms. The van der Waals surface area contributed by atoms with Gasteiger partial charge in [-0.1, -0.05) is 18.2 Å². The molecule has 2 heterocycles.